The fourth-order valence-electron chi connectivity index (χ4n) is 4.77. The second kappa shape index (κ2) is 11.6. The highest BCUT2D eigenvalue weighted by Gasteiger charge is 2.18. The Bertz CT molecular complexity index is 1170. The Kier molecular flexibility index (Phi) is 7.85. The van der Waals surface area contributed by atoms with Gasteiger partial charge in [-0.3, -0.25) is 4.79 Å². The molecule has 3 aromatic rings. The SMILES string of the molecule is O=C(C[C@@H]1CCCNC1)Nc1ccc(-c2cc(N3CCOCC3)nc(-c3cccc(CO)c3)n2)cc1. The number of amides is 1. The average molecular weight is 488 g/mol. The van der Waals surface area contributed by atoms with Crippen LogP contribution in [0.15, 0.2) is 54.6 Å². The van der Waals surface area contributed by atoms with Crippen molar-refractivity contribution >= 4 is 17.4 Å². The van der Waals surface area contributed by atoms with Crippen LogP contribution in [-0.2, 0) is 16.1 Å². The predicted molar refractivity (Wildman–Crippen MR) is 141 cm³/mol. The number of piperidine rings is 1. The highest BCUT2D eigenvalue weighted by molar-refractivity contribution is 5.91. The number of benzene rings is 2. The third-order valence-corrected chi connectivity index (χ3v) is 6.75. The number of nitrogens with zero attached hydrogens (tertiary/aromatic N) is 3. The summed E-state index contributed by atoms with van der Waals surface area (Å²) in [5.41, 5.74) is 4.21. The molecular formula is C28H33N5O3. The molecule has 8 nitrogen and oxygen atoms in total. The van der Waals surface area contributed by atoms with Crippen LogP contribution in [0.25, 0.3) is 22.6 Å². The minimum atomic E-state index is -0.0334. The highest BCUT2D eigenvalue weighted by atomic mass is 16.5. The molecular weight excluding hydrogens is 454 g/mol. The van der Waals surface area contributed by atoms with Crippen LogP contribution < -0.4 is 15.5 Å². The minimum absolute atomic E-state index is 0.0334. The summed E-state index contributed by atoms with van der Waals surface area (Å²) in [4.78, 5) is 24.5. The van der Waals surface area contributed by atoms with Crippen molar-refractivity contribution in [2.45, 2.75) is 25.9 Å². The Morgan fingerprint density at radius 1 is 1.08 bits per heavy atom. The summed E-state index contributed by atoms with van der Waals surface area (Å²) in [6, 6.07) is 17.5. The van der Waals surface area contributed by atoms with Gasteiger partial charge in [0.25, 0.3) is 0 Å². The van der Waals surface area contributed by atoms with Crippen LogP contribution in [0.4, 0.5) is 11.5 Å². The number of hydrogen-bond acceptors (Lipinski definition) is 7. The third kappa shape index (κ3) is 6.07. The van der Waals surface area contributed by atoms with Crippen molar-refractivity contribution in [3.63, 3.8) is 0 Å². The molecule has 1 atom stereocenters. The Morgan fingerprint density at radius 3 is 2.67 bits per heavy atom. The zero-order valence-electron chi connectivity index (χ0n) is 20.4. The van der Waals surface area contributed by atoms with Crippen LogP contribution in [0.3, 0.4) is 0 Å². The van der Waals surface area contributed by atoms with Gasteiger partial charge in [-0.25, -0.2) is 9.97 Å². The van der Waals surface area contributed by atoms with Gasteiger partial charge in [-0.1, -0.05) is 30.3 Å². The topological polar surface area (TPSA) is 99.6 Å². The van der Waals surface area contributed by atoms with Gasteiger partial charge in [0.05, 0.1) is 25.5 Å². The number of carbonyl (C=O) groups excluding carboxylic acids is 1. The molecule has 36 heavy (non-hydrogen) atoms. The van der Waals surface area contributed by atoms with Crippen molar-refractivity contribution in [3.05, 3.63) is 60.2 Å². The van der Waals surface area contributed by atoms with E-state index >= 15 is 0 Å². The van der Waals surface area contributed by atoms with Gasteiger partial charge >= 0.3 is 0 Å². The standard InChI is InChI=1S/C28H33N5O3/c34-19-21-3-1-5-23(15-21)28-31-25(17-26(32-28)33-11-13-36-14-12-33)22-6-8-24(9-7-22)30-27(35)16-20-4-2-10-29-18-20/h1,3,5-9,15,17,20,29,34H,2,4,10-14,16,18-19H2,(H,30,35)/t20-/m0/s1. The maximum Gasteiger partial charge on any atom is 0.224 e. The van der Waals surface area contributed by atoms with E-state index in [0.29, 0.717) is 31.4 Å². The Labute approximate surface area is 211 Å². The molecule has 3 heterocycles. The van der Waals surface area contributed by atoms with Gasteiger partial charge in [0.2, 0.25) is 5.91 Å². The van der Waals surface area contributed by atoms with Crippen molar-refractivity contribution in [1.29, 1.82) is 0 Å². The molecule has 1 aromatic heterocycles. The molecule has 0 bridgehead atoms. The second-order valence-corrected chi connectivity index (χ2v) is 9.43. The lowest BCUT2D eigenvalue weighted by Gasteiger charge is -2.28. The number of carbonyl (C=O) groups is 1. The summed E-state index contributed by atoms with van der Waals surface area (Å²) in [6.07, 6.45) is 2.77. The van der Waals surface area contributed by atoms with Gasteiger partial charge in [-0.2, -0.15) is 0 Å². The summed E-state index contributed by atoms with van der Waals surface area (Å²) in [6.45, 7) is 4.80. The fraction of sp³-hybridized carbons (Fsp3) is 0.393. The predicted octanol–water partition coefficient (Wildman–Crippen LogP) is 3.47. The maximum absolute atomic E-state index is 12.5. The van der Waals surface area contributed by atoms with Crippen molar-refractivity contribution in [3.8, 4) is 22.6 Å². The van der Waals surface area contributed by atoms with E-state index in [1.165, 1.54) is 0 Å². The molecule has 0 spiro atoms. The molecule has 5 rings (SSSR count). The number of hydrogen-bond donors (Lipinski definition) is 3. The fourth-order valence-corrected chi connectivity index (χ4v) is 4.77. The molecule has 2 saturated heterocycles. The quantitative estimate of drug-likeness (QED) is 0.469. The summed E-state index contributed by atoms with van der Waals surface area (Å²) in [5.74, 6) is 1.92. The molecule has 0 saturated carbocycles. The minimum Gasteiger partial charge on any atom is -0.392 e. The summed E-state index contributed by atoms with van der Waals surface area (Å²) < 4.78 is 5.52. The number of nitrogens with one attached hydrogen (secondary N) is 2. The number of aromatic nitrogens is 2. The molecule has 0 radical (unpaired) electrons. The smallest absolute Gasteiger partial charge is 0.224 e. The lowest BCUT2D eigenvalue weighted by Crippen LogP contribution is -2.36. The van der Waals surface area contributed by atoms with E-state index in [9.17, 15) is 9.90 Å². The first-order valence-electron chi connectivity index (χ1n) is 12.7. The number of morpholine rings is 1. The molecule has 188 valence electrons. The number of aliphatic hydroxyl groups excluding tert-OH is 1. The molecule has 1 amide bonds. The van der Waals surface area contributed by atoms with Crippen LogP contribution in [-0.4, -0.2) is 60.4 Å². The summed E-state index contributed by atoms with van der Waals surface area (Å²) in [7, 11) is 0. The van der Waals surface area contributed by atoms with E-state index in [1.54, 1.807) is 0 Å². The van der Waals surface area contributed by atoms with Gasteiger partial charge in [0, 0.05) is 42.4 Å². The lowest BCUT2D eigenvalue weighted by molar-refractivity contribution is -0.117. The Hall–Kier alpha value is -3.33. The first kappa shape index (κ1) is 24.4. The lowest BCUT2D eigenvalue weighted by atomic mass is 9.96. The molecule has 2 aliphatic rings. The van der Waals surface area contributed by atoms with Crippen LogP contribution in [0, 0.1) is 5.92 Å². The monoisotopic (exact) mass is 487 g/mol. The molecule has 0 unspecified atom stereocenters. The van der Waals surface area contributed by atoms with Crippen molar-refractivity contribution < 1.29 is 14.6 Å². The van der Waals surface area contributed by atoms with Crippen molar-refractivity contribution in [2.75, 3.05) is 49.6 Å². The maximum atomic E-state index is 12.5. The number of aliphatic hydroxyl groups is 1. The molecule has 0 aliphatic carbocycles. The summed E-state index contributed by atoms with van der Waals surface area (Å²) >= 11 is 0. The summed E-state index contributed by atoms with van der Waals surface area (Å²) in [5, 5.41) is 16.0. The van der Waals surface area contributed by atoms with Gasteiger partial charge < -0.3 is 25.4 Å². The molecule has 3 N–H and O–H groups in total. The largest absolute Gasteiger partial charge is 0.392 e. The molecule has 2 aromatic carbocycles. The first-order chi connectivity index (χ1) is 17.7. The van der Waals surface area contributed by atoms with Crippen molar-refractivity contribution in [2.24, 2.45) is 5.92 Å². The van der Waals surface area contributed by atoms with E-state index in [0.717, 1.165) is 72.9 Å². The van der Waals surface area contributed by atoms with E-state index < -0.39 is 0 Å². The second-order valence-electron chi connectivity index (χ2n) is 9.43. The van der Waals surface area contributed by atoms with Crippen LogP contribution in [0.1, 0.15) is 24.8 Å². The average Bonchev–Trinajstić information content (AvgIpc) is 2.94. The highest BCUT2D eigenvalue weighted by Crippen LogP contribution is 2.28. The van der Waals surface area contributed by atoms with Gasteiger partial charge in [0.1, 0.15) is 5.82 Å². The van der Waals surface area contributed by atoms with Crippen LogP contribution in [0.2, 0.25) is 0 Å². The van der Waals surface area contributed by atoms with E-state index in [1.807, 2.05) is 54.6 Å². The molecule has 2 aliphatic heterocycles. The zero-order chi connectivity index (χ0) is 24.7. The zero-order valence-corrected chi connectivity index (χ0v) is 20.4. The van der Waals surface area contributed by atoms with Gasteiger partial charge in [-0.15, -0.1) is 0 Å². The Balaban J connectivity index is 1.38. The number of ether oxygens (including phenoxy) is 1. The van der Waals surface area contributed by atoms with E-state index in [-0.39, 0.29) is 12.5 Å². The Morgan fingerprint density at radius 2 is 1.92 bits per heavy atom. The van der Waals surface area contributed by atoms with Crippen molar-refractivity contribution in [1.82, 2.24) is 15.3 Å². The number of anilines is 2. The van der Waals surface area contributed by atoms with E-state index in [4.69, 9.17) is 14.7 Å². The van der Waals surface area contributed by atoms with Crippen LogP contribution >= 0.6 is 0 Å². The van der Waals surface area contributed by atoms with Gasteiger partial charge in [-0.05, 0) is 55.6 Å². The van der Waals surface area contributed by atoms with E-state index in [2.05, 4.69) is 15.5 Å². The molecule has 8 heteroatoms. The van der Waals surface area contributed by atoms with Crippen LogP contribution in [0.5, 0.6) is 0 Å². The first-order valence-corrected chi connectivity index (χ1v) is 12.7. The molecule has 2 fully saturated rings. The third-order valence-electron chi connectivity index (χ3n) is 6.75. The number of rotatable bonds is 7. The van der Waals surface area contributed by atoms with Gasteiger partial charge in [0.15, 0.2) is 5.82 Å². The normalized spacial score (nSPS) is 18.1.